The molecular weight excluding hydrogens is 480 g/mol. The number of esters is 1. The molecule has 9 heteroatoms. The second-order valence-corrected chi connectivity index (χ2v) is 11.0. The molecule has 2 aromatic carbocycles. The number of imide groups is 1. The molecule has 4 rings (SSSR count). The van der Waals surface area contributed by atoms with Crippen LogP contribution in [0.3, 0.4) is 0 Å². The molecular formula is C27H30N2O6S. The standard InChI is InChI=1S/C27H30N2O6S/c1-19-8-14-23(15-9-19)36(33,34)28(17-16-20-6-4-3-5-7-20)24-18-25(30)29(26(24)31)22-12-10-21(11-13-22)27(32)35-2/h6,8-15,24H,3-5,7,16-18H2,1-2H3. The van der Waals surface area contributed by atoms with Crippen molar-refractivity contribution < 1.29 is 27.5 Å². The lowest BCUT2D eigenvalue weighted by Crippen LogP contribution is -2.46. The van der Waals surface area contributed by atoms with Crippen LogP contribution in [-0.2, 0) is 24.3 Å². The Morgan fingerprint density at radius 1 is 1.06 bits per heavy atom. The first kappa shape index (κ1) is 25.8. The van der Waals surface area contributed by atoms with Crippen molar-refractivity contribution in [3.63, 3.8) is 0 Å². The molecule has 2 aromatic rings. The Bertz CT molecular complexity index is 1280. The minimum atomic E-state index is -4.04. The van der Waals surface area contributed by atoms with E-state index in [0.717, 1.165) is 36.1 Å². The fourth-order valence-electron chi connectivity index (χ4n) is 4.65. The Labute approximate surface area is 211 Å². The largest absolute Gasteiger partial charge is 0.465 e. The number of carbonyl (C=O) groups excluding carboxylic acids is 3. The molecule has 1 fully saturated rings. The van der Waals surface area contributed by atoms with Crippen LogP contribution >= 0.6 is 0 Å². The first-order valence-corrected chi connectivity index (χ1v) is 13.5. The maximum atomic E-state index is 13.7. The van der Waals surface area contributed by atoms with Gasteiger partial charge in [0.2, 0.25) is 15.9 Å². The summed E-state index contributed by atoms with van der Waals surface area (Å²) in [5.41, 5.74) is 2.66. The van der Waals surface area contributed by atoms with Crippen molar-refractivity contribution in [1.82, 2.24) is 4.31 Å². The van der Waals surface area contributed by atoms with Gasteiger partial charge in [-0.1, -0.05) is 29.3 Å². The highest BCUT2D eigenvalue weighted by atomic mass is 32.2. The molecule has 0 radical (unpaired) electrons. The topological polar surface area (TPSA) is 101 Å². The summed E-state index contributed by atoms with van der Waals surface area (Å²) < 4.78 is 33.3. The minimum absolute atomic E-state index is 0.0897. The van der Waals surface area contributed by atoms with Crippen molar-refractivity contribution in [2.45, 2.75) is 56.4 Å². The summed E-state index contributed by atoms with van der Waals surface area (Å²) in [6.07, 6.45) is 6.47. The Hall–Kier alpha value is -3.30. The number of sulfonamides is 1. The molecule has 2 amide bonds. The average molecular weight is 511 g/mol. The number of anilines is 1. The van der Waals surface area contributed by atoms with Crippen LogP contribution in [0.1, 0.15) is 54.4 Å². The van der Waals surface area contributed by atoms with Gasteiger partial charge in [-0.05, 0) is 75.4 Å². The molecule has 1 aliphatic heterocycles. The van der Waals surface area contributed by atoms with Gasteiger partial charge in [0.25, 0.3) is 5.91 Å². The van der Waals surface area contributed by atoms with E-state index in [1.165, 1.54) is 53.4 Å². The number of rotatable bonds is 8. The first-order chi connectivity index (χ1) is 17.2. The summed E-state index contributed by atoms with van der Waals surface area (Å²) in [4.78, 5) is 39.3. The lowest BCUT2D eigenvalue weighted by atomic mass is 9.97. The molecule has 0 spiro atoms. The summed E-state index contributed by atoms with van der Waals surface area (Å²) in [6.45, 7) is 1.98. The highest BCUT2D eigenvalue weighted by molar-refractivity contribution is 7.89. The van der Waals surface area contributed by atoms with Crippen LogP contribution in [0.5, 0.6) is 0 Å². The molecule has 1 heterocycles. The molecule has 0 aromatic heterocycles. The lowest BCUT2D eigenvalue weighted by Gasteiger charge is -2.28. The second-order valence-electron chi connectivity index (χ2n) is 9.11. The van der Waals surface area contributed by atoms with Crippen LogP contribution in [0, 0.1) is 6.92 Å². The highest BCUT2D eigenvalue weighted by Gasteiger charge is 2.46. The highest BCUT2D eigenvalue weighted by Crippen LogP contribution is 2.31. The normalized spacial score (nSPS) is 18.5. The number of amides is 2. The Morgan fingerprint density at radius 3 is 2.36 bits per heavy atom. The lowest BCUT2D eigenvalue weighted by molar-refractivity contribution is -0.122. The third-order valence-corrected chi connectivity index (χ3v) is 8.61. The number of methoxy groups -OCH3 is 1. The number of carbonyl (C=O) groups is 3. The van der Waals surface area contributed by atoms with Gasteiger partial charge < -0.3 is 4.74 Å². The van der Waals surface area contributed by atoms with E-state index in [0.29, 0.717) is 6.42 Å². The maximum absolute atomic E-state index is 13.7. The van der Waals surface area contributed by atoms with Gasteiger partial charge in [0.05, 0.1) is 29.7 Å². The molecule has 2 aliphatic rings. The van der Waals surface area contributed by atoms with E-state index in [1.54, 1.807) is 12.1 Å². The number of ether oxygens (including phenoxy) is 1. The van der Waals surface area contributed by atoms with Crippen LogP contribution in [0.15, 0.2) is 65.1 Å². The van der Waals surface area contributed by atoms with E-state index >= 15 is 0 Å². The van der Waals surface area contributed by atoms with Crippen molar-refractivity contribution in [2.75, 3.05) is 18.6 Å². The number of nitrogens with zero attached hydrogens (tertiary/aromatic N) is 2. The molecule has 1 atom stereocenters. The predicted molar refractivity (Wildman–Crippen MR) is 135 cm³/mol. The van der Waals surface area contributed by atoms with Crippen molar-refractivity contribution in [2.24, 2.45) is 0 Å². The zero-order valence-electron chi connectivity index (χ0n) is 20.5. The molecule has 1 unspecified atom stereocenters. The zero-order valence-corrected chi connectivity index (χ0v) is 21.3. The fourth-order valence-corrected chi connectivity index (χ4v) is 6.23. The number of aryl methyl sites for hydroxylation is 1. The summed E-state index contributed by atoms with van der Waals surface area (Å²) in [6, 6.07) is 11.2. The van der Waals surface area contributed by atoms with Crippen molar-refractivity contribution >= 4 is 33.5 Å². The van der Waals surface area contributed by atoms with Gasteiger partial charge >= 0.3 is 5.97 Å². The van der Waals surface area contributed by atoms with Gasteiger partial charge in [-0.3, -0.25) is 9.59 Å². The van der Waals surface area contributed by atoms with Crippen LogP contribution in [0.4, 0.5) is 5.69 Å². The number of benzene rings is 2. The molecule has 0 saturated carbocycles. The Kier molecular flexibility index (Phi) is 7.70. The van der Waals surface area contributed by atoms with Crippen LogP contribution in [-0.4, -0.2) is 50.2 Å². The van der Waals surface area contributed by atoms with E-state index in [9.17, 15) is 22.8 Å². The first-order valence-electron chi connectivity index (χ1n) is 12.0. The Morgan fingerprint density at radius 2 is 1.75 bits per heavy atom. The SMILES string of the molecule is COC(=O)c1ccc(N2C(=O)CC(N(CCC3=CCCCC3)S(=O)(=O)c3ccc(C)cc3)C2=O)cc1. The van der Waals surface area contributed by atoms with Crippen LogP contribution < -0.4 is 4.90 Å². The molecule has 0 bridgehead atoms. The Balaban J connectivity index is 1.64. The smallest absolute Gasteiger partial charge is 0.337 e. The van der Waals surface area contributed by atoms with E-state index < -0.39 is 33.8 Å². The zero-order chi connectivity index (χ0) is 25.9. The van der Waals surface area contributed by atoms with Gasteiger partial charge in [0.1, 0.15) is 6.04 Å². The summed E-state index contributed by atoms with van der Waals surface area (Å²) in [5, 5.41) is 0. The molecule has 1 aliphatic carbocycles. The quantitative estimate of drug-likeness (QED) is 0.302. The van der Waals surface area contributed by atoms with Crippen molar-refractivity contribution in [3.05, 3.63) is 71.3 Å². The van der Waals surface area contributed by atoms with E-state index in [4.69, 9.17) is 4.74 Å². The molecule has 1 saturated heterocycles. The monoisotopic (exact) mass is 510 g/mol. The maximum Gasteiger partial charge on any atom is 0.337 e. The van der Waals surface area contributed by atoms with Gasteiger partial charge in [-0.25, -0.2) is 18.1 Å². The van der Waals surface area contributed by atoms with E-state index in [2.05, 4.69) is 6.08 Å². The molecule has 190 valence electrons. The number of allylic oxidation sites excluding steroid dienone is 1. The average Bonchev–Trinajstić information content (AvgIpc) is 3.17. The predicted octanol–water partition coefficient (Wildman–Crippen LogP) is 3.99. The third kappa shape index (κ3) is 5.27. The van der Waals surface area contributed by atoms with Gasteiger partial charge in [-0.2, -0.15) is 4.31 Å². The van der Waals surface area contributed by atoms with Crippen molar-refractivity contribution in [1.29, 1.82) is 0 Å². The number of hydrogen-bond donors (Lipinski definition) is 0. The molecule has 36 heavy (non-hydrogen) atoms. The van der Waals surface area contributed by atoms with Crippen LogP contribution in [0.25, 0.3) is 0 Å². The molecule has 0 N–H and O–H groups in total. The number of hydrogen-bond acceptors (Lipinski definition) is 6. The fraction of sp³-hybridized carbons (Fsp3) is 0.370. The van der Waals surface area contributed by atoms with E-state index in [1.807, 2.05) is 6.92 Å². The molecule has 8 nitrogen and oxygen atoms in total. The second kappa shape index (κ2) is 10.8. The summed E-state index contributed by atoms with van der Waals surface area (Å²) in [7, 11) is -2.78. The summed E-state index contributed by atoms with van der Waals surface area (Å²) in [5.74, 6) is -1.62. The van der Waals surface area contributed by atoms with E-state index in [-0.39, 0.29) is 29.1 Å². The summed E-state index contributed by atoms with van der Waals surface area (Å²) >= 11 is 0. The van der Waals surface area contributed by atoms with Gasteiger partial charge in [0.15, 0.2) is 0 Å². The van der Waals surface area contributed by atoms with Crippen LogP contribution in [0.2, 0.25) is 0 Å². The van der Waals surface area contributed by atoms with Crippen molar-refractivity contribution in [3.8, 4) is 0 Å². The van der Waals surface area contributed by atoms with Gasteiger partial charge in [-0.15, -0.1) is 0 Å². The third-order valence-electron chi connectivity index (χ3n) is 6.68. The van der Waals surface area contributed by atoms with Gasteiger partial charge in [0, 0.05) is 6.54 Å². The minimum Gasteiger partial charge on any atom is -0.465 e.